The van der Waals surface area contributed by atoms with Crippen LogP contribution in [0, 0.1) is 12.8 Å². The summed E-state index contributed by atoms with van der Waals surface area (Å²) in [4.78, 5) is 24.8. The van der Waals surface area contributed by atoms with Crippen LogP contribution in [-0.2, 0) is 14.3 Å². The van der Waals surface area contributed by atoms with Crippen LogP contribution in [0.25, 0.3) is 0 Å². The van der Waals surface area contributed by atoms with Crippen LogP contribution >= 0.6 is 0 Å². The van der Waals surface area contributed by atoms with E-state index in [1.807, 2.05) is 31.2 Å². The second kappa shape index (κ2) is 8.29. The predicted octanol–water partition coefficient (Wildman–Crippen LogP) is 2.03. The quantitative estimate of drug-likeness (QED) is 0.722. The van der Waals surface area contributed by atoms with Gasteiger partial charge in [0, 0.05) is 13.6 Å². The molecule has 1 rings (SSSR count). The minimum Gasteiger partial charge on any atom is -0.493 e. The Balaban J connectivity index is 2.32. The number of ether oxygens (including phenoxy) is 2. The first-order valence-electron chi connectivity index (χ1n) is 6.95. The van der Waals surface area contributed by atoms with Gasteiger partial charge < -0.3 is 14.4 Å². The lowest BCUT2D eigenvalue weighted by atomic mass is 10.1. The molecular weight excluding hydrogens is 270 g/mol. The molecule has 116 valence electrons. The molecule has 1 aromatic rings. The average Bonchev–Trinajstić information content (AvgIpc) is 2.48. The Morgan fingerprint density at radius 2 is 1.86 bits per heavy atom. The molecule has 0 saturated heterocycles. The van der Waals surface area contributed by atoms with Gasteiger partial charge in [-0.15, -0.1) is 0 Å². The molecule has 0 N–H and O–H groups in total. The number of benzene rings is 1. The van der Waals surface area contributed by atoms with Gasteiger partial charge in [0.1, 0.15) is 5.75 Å². The molecule has 0 aliphatic rings. The molecule has 0 saturated carbocycles. The Bertz CT molecular complexity index is 470. The van der Waals surface area contributed by atoms with Crippen molar-refractivity contribution in [1.82, 2.24) is 4.90 Å². The zero-order chi connectivity index (χ0) is 15.8. The van der Waals surface area contributed by atoms with Gasteiger partial charge in [-0.1, -0.05) is 24.6 Å². The van der Waals surface area contributed by atoms with E-state index in [4.69, 9.17) is 4.74 Å². The maximum absolute atomic E-state index is 11.9. The Morgan fingerprint density at radius 1 is 1.24 bits per heavy atom. The fourth-order valence-corrected chi connectivity index (χ4v) is 1.87. The summed E-state index contributed by atoms with van der Waals surface area (Å²) in [6.07, 6.45) is 0.276. The van der Waals surface area contributed by atoms with Crippen molar-refractivity contribution in [1.29, 1.82) is 0 Å². The highest BCUT2D eigenvalue weighted by atomic mass is 16.5. The summed E-state index contributed by atoms with van der Waals surface area (Å²) < 4.78 is 10.2. The molecule has 21 heavy (non-hydrogen) atoms. The van der Waals surface area contributed by atoms with Gasteiger partial charge in [-0.25, -0.2) is 0 Å². The molecule has 0 aliphatic heterocycles. The summed E-state index contributed by atoms with van der Waals surface area (Å²) in [5.41, 5.74) is 1.16. The number of esters is 1. The van der Waals surface area contributed by atoms with Crippen LogP contribution in [-0.4, -0.2) is 44.1 Å². The predicted molar refractivity (Wildman–Crippen MR) is 80.1 cm³/mol. The highest BCUT2D eigenvalue weighted by Gasteiger charge is 2.18. The van der Waals surface area contributed by atoms with Crippen molar-refractivity contribution in [2.24, 2.45) is 5.92 Å². The van der Waals surface area contributed by atoms with Crippen LogP contribution in [0.2, 0.25) is 0 Å². The van der Waals surface area contributed by atoms with Crippen LogP contribution in [0.4, 0.5) is 0 Å². The normalized spacial score (nSPS) is 11.6. The summed E-state index contributed by atoms with van der Waals surface area (Å²) in [5.74, 6) is 0.0457. The summed E-state index contributed by atoms with van der Waals surface area (Å²) in [6, 6.07) is 7.67. The maximum Gasteiger partial charge on any atom is 0.310 e. The molecular formula is C16H23NO4. The topological polar surface area (TPSA) is 55.8 Å². The second-order valence-electron chi connectivity index (χ2n) is 5.11. The monoisotopic (exact) mass is 293 g/mol. The van der Waals surface area contributed by atoms with Crippen molar-refractivity contribution in [3.05, 3.63) is 29.8 Å². The standard InChI is InChI=1S/C16H23NO4/c1-12-5-7-14(8-6-12)21-10-9-15(18)17(3)11-13(2)16(19)20-4/h5-8,13H,9-11H2,1-4H3. The first-order chi connectivity index (χ1) is 9.93. The van der Waals surface area contributed by atoms with E-state index in [0.29, 0.717) is 13.2 Å². The zero-order valence-corrected chi connectivity index (χ0v) is 13.1. The van der Waals surface area contributed by atoms with Gasteiger partial charge in [0.15, 0.2) is 0 Å². The van der Waals surface area contributed by atoms with Crippen LogP contribution in [0.15, 0.2) is 24.3 Å². The summed E-state index contributed by atoms with van der Waals surface area (Å²) in [6.45, 7) is 4.40. The number of carbonyl (C=O) groups excluding carboxylic acids is 2. The van der Waals surface area contributed by atoms with Gasteiger partial charge in [-0.05, 0) is 19.1 Å². The fourth-order valence-electron chi connectivity index (χ4n) is 1.87. The number of methoxy groups -OCH3 is 1. The fraction of sp³-hybridized carbons (Fsp3) is 0.500. The highest BCUT2D eigenvalue weighted by molar-refractivity contribution is 5.77. The van der Waals surface area contributed by atoms with E-state index in [2.05, 4.69) is 4.74 Å². The van der Waals surface area contributed by atoms with Crippen molar-refractivity contribution >= 4 is 11.9 Å². The van der Waals surface area contributed by atoms with Crippen molar-refractivity contribution < 1.29 is 19.1 Å². The molecule has 1 aromatic carbocycles. The van der Waals surface area contributed by atoms with Gasteiger partial charge in [0.05, 0.1) is 26.1 Å². The van der Waals surface area contributed by atoms with E-state index in [1.165, 1.54) is 12.0 Å². The highest BCUT2D eigenvalue weighted by Crippen LogP contribution is 2.11. The molecule has 0 heterocycles. The molecule has 1 atom stereocenters. The third-order valence-electron chi connectivity index (χ3n) is 3.18. The number of amides is 1. The molecule has 5 heteroatoms. The number of nitrogens with zero attached hydrogens (tertiary/aromatic N) is 1. The molecule has 0 radical (unpaired) electrons. The van der Waals surface area contributed by atoms with Gasteiger partial charge in [0.2, 0.25) is 5.91 Å². The van der Waals surface area contributed by atoms with E-state index in [9.17, 15) is 9.59 Å². The SMILES string of the molecule is COC(=O)C(C)CN(C)C(=O)CCOc1ccc(C)cc1. The first kappa shape index (κ1) is 17.0. The number of rotatable bonds is 7. The maximum atomic E-state index is 11.9. The van der Waals surface area contributed by atoms with Crippen LogP contribution < -0.4 is 4.74 Å². The average molecular weight is 293 g/mol. The summed E-state index contributed by atoms with van der Waals surface area (Å²) in [7, 11) is 3.02. The van der Waals surface area contributed by atoms with Crippen molar-refractivity contribution in [2.45, 2.75) is 20.3 Å². The molecule has 1 amide bonds. The van der Waals surface area contributed by atoms with E-state index in [-0.39, 0.29) is 24.2 Å². The summed E-state index contributed by atoms with van der Waals surface area (Å²) in [5, 5.41) is 0. The largest absolute Gasteiger partial charge is 0.493 e. The van der Waals surface area contributed by atoms with Crippen molar-refractivity contribution in [3.63, 3.8) is 0 Å². The Morgan fingerprint density at radius 3 is 2.43 bits per heavy atom. The van der Waals surface area contributed by atoms with Crippen molar-refractivity contribution in [2.75, 3.05) is 27.3 Å². The van der Waals surface area contributed by atoms with E-state index >= 15 is 0 Å². The van der Waals surface area contributed by atoms with E-state index in [1.54, 1.807) is 14.0 Å². The Hall–Kier alpha value is -2.04. The minimum absolute atomic E-state index is 0.0575. The lowest BCUT2D eigenvalue weighted by Crippen LogP contribution is -2.34. The van der Waals surface area contributed by atoms with Gasteiger partial charge in [0.25, 0.3) is 0 Å². The van der Waals surface area contributed by atoms with Crippen LogP contribution in [0.5, 0.6) is 5.75 Å². The third kappa shape index (κ3) is 5.85. The zero-order valence-electron chi connectivity index (χ0n) is 13.1. The Labute approximate surface area is 125 Å². The Kier molecular flexibility index (Phi) is 6.72. The number of aryl methyl sites for hydroxylation is 1. The third-order valence-corrected chi connectivity index (χ3v) is 3.18. The number of hydrogen-bond donors (Lipinski definition) is 0. The first-order valence-corrected chi connectivity index (χ1v) is 6.95. The van der Waals surface area contributed by atoms with Crippen LogP contribution in [0.3, 0.4) is 0 Å². The summed E-state index contributed by atoms with van der Waals surface area (Å²) >= 11 is 0. The smallest absolute Gasteiger partial charge is 0.310 e. The lowest BCUT2D eigenvalue weighted by molar-refractivity contribution is -0.146. The minimum atomic E-state index is -0.332. The van der Waals surface area contributed by atoms with E-state index < -0.39 is 0 Å². The molecule has 0 spiro atoms. The lowest BCUT2D eigenvalue weighted by Gasteiger charge is -2.20. The van der Waals surface area contributed by atoms with Gasteiger partial charge in [-0.3, -0.25) is 9.59 Å². The molecule has 0 aromatic heterocycles. The number of hydrogen-bond acceptors (Lipinski definition) is 4. The molecule has 1 unspecified atom stereocenters. The molecule has 5 nitrogen and oxygen atoms in total. The van der Waals surface area contributed by atoms with E-state index in [0.717, 1.165) is 11.3 Å². The molecule has 0 bridgehead atoms. The molecule has 0 fully saturated rings. The van der Waals surface area contributed by atoms with Crippen LogP contribution in [0.1, 0.15) is 18.9 Å². The van der Waals surface area contributed by atoms with Crippen molar-refractivity contribution in [3.8, 4) is 5.75 Å². The number of carbonyl (C=O) groups is 2. The second-order valence-corrected chi connectivity index (χ2v) is 5.11. The molecule has 0 aliphatic carbocycles. The van der Waals surface area contributed by atoms with Gasteiger partial charge >= 0.3 is 5.97 Å². The van der Waals surface area contributed by atoms with Gasteiger partial charge in [-0.2, -0.15) is 0 Å².